The number of nitrogens with one attached hydrogen (secondary N) is 3. The first-order valence-electron chi connectivity index (χ1n) is 9.43. The predicted octanol–water partition coefficient (Wildman–Crippen LogP) is 5.16. The smallest absolute Gasteiger partial charge is 0.274 e. The van der Waals surface area contributed by atoms with Gasteiger partial charge < -0.3 is 16.0 Å². The Hall–Kier alpha value is -3.67. The van der Waals surface area contributed by atoms with Gasteiger partial charge >= 0.3 is 0 Å². The van der Waals surface area contributed by atoms with Crippen LogP contribution in [0.5, 0.6) is 0 Å². The van der Waals surface area contributed by atoms with E-state index < -0.39 is 0 Å². The average molecular weight is 388 g/mol. The highest BCUT2D eigenvalue weighted by Crippen LogP contribution is 2.27. The molecule has 3 N–H and O–H groups in total. The molecule has 2 aromatic carbocycles. The zero-order valence-electron chi connectivity index (χ0n) is 16.7. The molecule has 0 fully saturated rings. The summed E-state index contributed by atoms with van der Waals surface area (Å²) in [4.78, 5) is 28.0. The molecule has 0 bridgehead atoms. The second-order valence-corrected chi connectivity index (χ2v) is 7.01. The van der Waals surface area contributed by atoms with Crippen molar-refractivity contribution in [1.29, 1.82) is 0 Å². The van der Waals surface area contributed by atoms with Crippen molar-refractivity contribution < 1.29 is 9.59 Å². The second-order valence-electron chi connectivity index (χ2n) is 7.01. The van der Waals surface area contributed by atoms with Crippen LogP contribution in [0.25, 0.3) is 0 Å². The summed E-state index contributed by atoms with van der Waals surface area (Å²) in [6.07, 6.45) is 1.60. The number of carbonyl (C=O) groups excluding carboxylic acids is 2. The summed E-state index contributed by atoms with van der Waals surface area (Å²) in [5, 5.41) is 8.88. The van der Waals surface area contributed by atoms with E-state index in [1.807, 2.05) is 24.3 Å². The first-order valence-corrected chi connectivity index (χ1v) is 9.43. The fraction of sp³-hybridized carbons (Fsp3) is 0.174. The second kappa shape index (κ2) is 9.01. The molecule has 0 saturated heterocycles. The lowest BCUT2D eigenvalue weighted by molar-refractivity contribution is -0.114. The highest BCUT2D eigenvalue weighted by atomic mass is 16.2. The van der Waals surface area contributed by atoms with Gasteiger partial charge in [-0.05, 0) is 47.9 Å². The van der Waals surface area contributed by atoms with Crippen molar-refractivity contribution >= 4 is 34.6 Å². The third-order valence-corrected chi connectivity index (χ3v) is 4.30. The van der Waals surface area contributed by atoms with Crippen LogP contribution in [0, 0.1) is 0 Å². The van der Waals surface area contributed by atoms with Gasteiger partial charge in [-0.15, -0.1) is 0 Å². The minimum absolute atomic E-state index is 0.171. The molecule has 2 amide bonds. The van der Waals surface area contributed by atoms with Gasteiger partial charge in [0.2, 0.25) is 5.91 Å². The zero-order valence-corrected chi connectivity index (χ0v) is 16.7. The Morgan fingerprint density at radius 2 is 1.59 bits per heavy atom. The number of rotatable bonds is 6. The number of benzene rings is 2. The van der Waals surface area contributed by atoms with Crippen LogP contribution < -0.4 is 16.0 Å². The molecule has 0 aliphatic heterocycles. The fourth-order valence-electron chi connectivity index (χ4n) is 2.98. The van der Waals surface area contributed by atoms with Gasteiger partial charge in [0.25, 0.3) is 5.91 Å². The Balaban J connectivity index is 1.76. The molecule has 1 aromatic heterocycles. The van der Waals surface area contributed by atoms with Crippen molar-refractivity contribution in [3.05, 3.63) is 78.1 Å². The number of aromatic nitrogens is 1. The summed E-state index contributed by atoms with van der Waals surface area (Å²) in [6, 6.07) is 18.6. The van der Waals surface area contributed by atoms with E-state index in [9.17, 15) is 9.59 Å². The summed E-state index contributed by atoms with van der Waals surface area (Å²) >= 11 is 0. The van der Waals surface area contributed by atoms with Crippen LogP contribution in [0.2, 0.25) is 0 Å². The van der Waals surface area contributed by atoms with Gasteiger partial charge in [-0.2, -0.15) is 0 Å². The van der Waals surface area contributed by atoms with Crippen molar-refractivity contribution in [3.8, 4) is 0 Å². The van der Waals surface area contributed by atoms with Gasteiger partial charge in [0.05, 0.1) is 0 Å². The van der Waals surface area contributed by atoms with E-state index in [0.29, 0.717) is 23.0 Å². The molecule has 0 aliphatic rings. The SMILES string of the molecule is CC(=O)Nc1cccc(NC(=O)c2cc(Nc3ccccc3C(C)C)ccn2)c1. The molecule has 0 aliphatic carbocycles. The standard InChI is InChI=1S/C23H24N4O2/c1-15(2)20-9-4-5-10-21(20)26-19-11-12-24-22(14-19)23(29)27-18-8-6-7-17(13-18)25-16(3)28/h4-15H,1-3H3,(H,24,26)(H,25,28)(H,27,29). The Bertz CT molecular complexity index is 1030. The van der Waals surface area contributed by atoms with E-state index >= 15 is 0 Å². The quantitative estimate of drug-likeness (QED) is 0.545. The minimum Gasteiger partial charge on any atom is -0.355 e. The lowest BCUT2D eigenvalue weighted by atomic mass is 10.0. The zero-order chi connectivity index (χ0) is 20.8. The van der Waals surface area contributed by atoms with E-state index in [2.05, 4.69) is 40.8 Å². The van der Waals surface area contributed by atoms with Gasteiger partial charge in [-0.25, -0.2) is 0 Å². The molecule has 0 radical (unpaired) electrons. The molecule has 3 rings (SSSR count). The molecule has 0 spiro atoms. The highest BCUT2D eigenvalue weighted by molar-refractivity contribution is 6.03. The molecular formula is C23H24N4O2. The first kappa shape index (κ1) is 20.1. The van der Waals surface area contributed by atoms with E-state index in [-0.39, 0.29) is 11.8 Å². The number of nitrogens with zero attached hydrogens (tertiary/aromatic N) is 1. The van der Waals surface area contributed by atoms with Crippen molar-refractivity contribution in [2.45, 2.75) is 26.7 Å². The van der Waals surface area contributed by atoms with Gasteiger partial charge in [0, 0.05) is 35.9 Å². The summed E-state index contributed by atoms with van der Waals surface area (Å²) in [5.74, 6) is -0.124. The maximum atomic E-state index is 12.6. The molecule has 148 valence electrons. The molecule has 29 heavy (non-hydrogen) atoms. The van der Waals surface area contributed by atoms with Gasteiger partial charge in [-0.3, -0.25) is 14.6 Å². The van der Waals surface area contributed by atoms with Crippen LogP contribution >= 0.6 is 0 Å². The molecule has 0 atom stereocenters. The van der Waals surface area contributed by atoms with Crippen molar-refractivity contribution in [2.75, 3.05) is 16.0 Å². The maximum Gasteiger partial charge on any atom is 0.274 e. The topological polar surface area (TPSA) is 83.1 Å². The summed E-state index contributed by atoms with van der Waals surface area (Å²) in [7, 11) is 0. The molecule has 1 heterocycles. The molecule has 6 heteroatoms. The van der Waals surface area contributed by atoms with Crippen molar-refractivity contribution in [2.24, 2.45) is 0 Å². The molecule has 0 unspecified atom stereocenters. The van der Waals surface area contributed by atoms with Crippen LogP contribution in [-0.4, -0.2) is 16.8 Å². The monoisotopic (exact) mass is 388 g/mol. The van der Waals surface area contributed by atoms with Crippen LogP contribution in [0.3, 0.4) is 0 Å². The fourth-order valence-corrected chi connectivity index (χ4v) is 2.98. The van der Waals surface area contributed by atoms with E-state index in [1.54, 1.807) is 36.5 Å². The van der Waals surface area contributed by atoms with E-state index in [1.165, 1.54) is 12.5 Å². The predicted molar refractivity (Wildman–Crippen MR) is 117 cm³/mol. The lowest BCUT2D eigenvalue weighted by Crippen LogP contribution is -2.14. The molecule has 3 aromatic rings. The normalized spacial score (nSPS) is 10.5. The number of pyridine rings is 1. The number of carbonyl (C=O) groups is 2. The Morgan fingerprint density at radius 1 is 0.862 bits per heavy atom. The minimum atomic E-state index is -0.328. The van der Waals surface area contributed by atoms with Crippen LogP contribution in [0.15, 0.2) is 66.9 Å². The van der Waals surface area contributed by atoms with Gasteiger partial charge in [0.1, 0.15) is 5.69 Å². The van der Waals surface area contributed by atoms with E-state index in [0.717, 1.165) is 11.4 Å². The number of hydrogen-bond donors (Lipinski definition) is 3. The summed E-state index contributed by atoms with van der Waals surface area (Å²) in [6.45, 7) is 5.72. The van der Waals surface area contributed by atoms with Gasteiger partial charge in [0.15, 0.2) is 0 Å². The molecule has 6 nitrogen and oxygen atoms in total. The molecule has 0 saturated carbocycles. The van der Waals surface area contributed by atoms with Crippen LogP contribution in [0.4, 0.5) is 22.7 Å². The molecular weight excluding hydrogens is 364 g/mol. The van der Waals surface area contributed by atoms with Crippen LogP contribution in [0.1, 0.15) is 42.7 Å². The van der Waals surface area contributed by atoms with Gasteiger partial charge in [-0.1, -0.05) is 38.1 Å². The summed E-state index contributed by atoms with van der Waals surface area (Å²) in [5.41, 5.74) is 4.47. The van der Waals surface area contributed by atoms with Crippen LogP contribution in [-0.2, 0) is 4.79 Å². The Kier molecular flexibility index (Phi) is 6.24. The number of hydrogen-bond acceptors (Lipinski definition) is 4. The van der Waals surface area contributed by atoms with E-state index in [4.69, 9.17) is 0 Å². The maximum absolute atomic E-state index is 12.6. The van der Waals surface area contributed by atoms with Crippen molar-refractivity contribution in [1.82, 2.24) is 4.98 Å². The van der Waals surface area contributed by atoms with Crippen molar-refractivity contribution in [3.63, 3.8) is 0 Å². The first-order chi connectivity index (χ1) is 13.9. The number of amides is 2. The largest absolute Gasteiger partial charge is 0.355 e. The summed E-state index contributed by atoms with van der Waals surface area (Å²) < 4.78 is 0. The lowest BCUT2D eigenvalue weighted by Gasteiger charge is -2.15. The average Bonchev–Trinajstić information content (AvgIpc) is 2.68. The third kappa shape index (κ3) is 5.42. The Morgan fingerprint density at radius 3 is 2.31 bits per heavy atom. The number of anilines is 4. The number of para-hydroxylation sites is 1. The third-order valence-electron chi connectivity index (χ3n) is 4.30. The Labute approximate surface area is 170 Å². The highest BCUT2D eigenvalue weighted by Gasteiger charge is 2.11.